The number of anilines is 1. The molecule has 0 aliphatic rings. The first kappa shape index (κ1) is 15.0. The van der Waals surface area contributed by atoms with E-state index in [2.05, 4.69) is 12.2 Å². The first-order valence-electron chi connectivity index (χ1n) is 6.32. The van der Waals surface area contributed by atoms with Crippen molar-refractivity contribution in [2.75, 3.05) is 17.6 Å². The van der Waals surface area contributed by atoms with Crippen LogP contribution >= 0.6 is 0 Å². The fourth-order valence-electron chi connectivity index (χ4n) is 1.55. The van der Waals surface area contributed by atoms with Crippen LogP contribution in [0.15, 0.2) is 29.2 Å². The van der Waals surface area contributed by atoms with Gasteiger partial charge in [-0.2, -0.15) is 0 Å². The molecule has 0 fully saturated rings. The third-order valence-corrected chi connectivity index (χ3v) is 4.71. The van der Waals surface area contributed by atoms with Crippen molar-refractivity contribution in [3.05, 3.63) is 24.3 Å². The van der Waals surface area contributed by atoms with Gasteiger partial charge in [0.15, 0.2) is 9.84 Å². The highest BCUT2D eigenvalue weighted by Gasteiger charge is 2.10. The van der Waals surface area contributed by atoms with Crippen LogP contribution in [0.2, 0.25) is 0 Å². The maximum Gasteiger partial charge on any atom is 0.178 e. The number of nitrogens with two attached hydrogens (primary N) is 1. The topological polar surface area (TPSA) is 72.2 Å². The Morgan fingerprint density at radius 2 is 1.83 bits per heavy atom. The summed E-state index contributed by atoms with van der Waals surface area (Å²) in [6.07, 6.45) is 1.88. The predicted octanol–water partition coefficient (Wildman–Crippen LogP) is 2.02. The van der Waals surface area contributed by atoms with Crippen molar-refractivity contribution < 1.29 is 8.42 Å². The van der Waals surface area contributed by atoms with Gasteiger partial charge >= 0.3 is 0 Å². The second-order valence-electron chi connectivity index (χ2n) is 4.31. The van der Waals surface area contributed by atoms with E-state index in [1.807, 2.05) is 0 Å². The molecule has 3 N–H and O–H groups in total. The molecule has 0 aromatic heterocycles. The quantitative estimate of drug-likeness (QED) is 0.795. The van der Waals surface area contributed by atoms with Gasteiger partial charge in [0, 0.05) is 18.3 Å². The maximum absolute atomic E-state index is 11.6. The Morgan fingerprint density at radius 3 is 2.33 bits per heavy atom. The lowest BCUT2D eigenvalue weighted by molar-refractivity contribution is 0.597. The van der Waals surface area contributed by atoms with Crippen LogP contribution < -0.4 is 11.1 Å². The van der Waals surface area contributed by atoms with Crippen LogP contribution in [0, 0.1) is 0 Å². The summed E-state index contributed by atoms with van der Waals surface area (Å²) in [5.74, 6) is 0.130. The molecule has 1 atom stereocenters. The molecular formula is C13H22N2O2S. The fraction of sp³-hybridized carbons (Fsp3) is 0.538. The molecule has 5 heteroatoms. The Morgan fingerprint density at radius 1 is 1.22 bits per heavy atom. The number of hydrogen-bond donors (Lipinski definition) is 2. The minimum atomic E-state index is -3.10. The molecule has 0 heterocycles. The molecule has 0 saturated heterocycles. The van der Waals surface area contributed by atoms with E-state index >= 15 is 0 Å². The Balaban J connectivity index is 2.56. The summed E-state index contributed by atoms with van der Waals surface area (Å²) in [4.78, 5) is 0.376. The molecule has 4 nitrogen and oxygen atoms in total. The lowest BCUT2D eigenvalue weighted by Crippen LogP contribution is -2.22. The van der Waals surface area contributed by atoms with Gasteiger partial charge in [-0.25, -0.2) is 8.42 Å². The van der Waals surface area contributed by atoms with Crippen LogP contribution in [0.1, 0.15) is 26.7 Å². The van der Waals surface area contributed by atoms with E-state index in [-0.39, 0.29) is 11.8 Å². The molecule has 1 unspecified atom stereocenters. The van der Waals surface area contributed by atoms with E-state index in [1.165, 1.54) is 0 Å². The molecule has 1 aromatic rings. The number of hydrogen-bond acceptors (Lipinski definition) is 4. The van der Waals surface area contributed by atoms with E-state index < -0.39 is 9.84 Å². The highest BCUT2D eigenvalue weighted by molar-refractivity contribution is 7.91. The summed E-state index contributed by atoms with van der Waals surface area (Å²) in [6, 6.07) is 7.08. The number of nitrogens with one attached hydrogen (secondary N) is 1. The molecule has 0 aliphatic carbocycles. The minimum Gasteiger partial charge on any atom is -0.385 e. The van der Waals surface area contributed by atoms with E-state index in [1.54, 1.807) is 31.2 Å². The molecule has 1 aromatic carbocycles. The molecular weight excluding hydrogens is 248 g/mol. The molecule has 1 rings (SSSR count). The van der Waals surface area contributed by atoms with Crippen molar-refractivity contribution in [3.8, 4) is 0 Å². The van der Waals surface area contributed by atoms with E-state index in [0.29, 0.717) is 4.90 Å². The minimum absolute atomic E-state index is 0.130. The third kappa shape index (κ3) is 4.31. The van der Waals surface area contributed by atoms with Crippen molar-refractivity contribution >= 4 is 15.5 Å². The maximum atomic E-state index is 11.6. The van der Waals surface area contributed by atoms with Crippen LogP contribution in [0.4, 0.5) is 5.69 Å². The lowest BCUT2D eigenvalue weighted by Gasteiger charge is -2.11. The molecule has 102 valence electrons. The average molecular weight is 270 g/mol. The first-order valence-corrected chi connectivity index (χ1v) is 7.97. The number of rotatable bonds is 7. The summed E-state index contributed by atoms with van der Waals surface area (Å²) in [7, 11) is -3.10. The van der Waals surface area contributed by atoms with E-state index in [4.69, 9.17) is 5.73 Å². The second-order valence-corrected chi connectivity index (χ2v) is 6.59. The molecule has 0 radical (unpaired) electrons. The molecule has 0 spiro atoms. The monoisotopic (exact) mass is 270 g/mol. The van der Waals surface area contributed by atoms with E-state index in [9.17, 15) is 8.42 Å². The summed E-state index contributed by atoms with van der Waals surface area (Å²) in [6.45, 7) is 4.51. The summed E-state index contributed by atoms with van der Waals surface area (Å²) >= 11 is 0. The fourth-order valence-corrected chi connectivity index (χ4v) is 2.44. The van der Waals surface area contributed by atoms with Crippen molar-refractivity contribution in [2.45, 2.75) is 37.6 Å². The zero-order valence-electron chi connectivity index (χ0n) is 11.0. The van der Waals surface area contributed by atoms with Crippen LogP contribution in [-0.4, -0.2) is 26.8 Å². The predicted molar refractivity (Wildman–Crippen MR) is 75.5 cm³/mol. The Bertz CT molecular complexity index is 454. The smallest absolute Gasteiger partial charge is 0.178 e. The van der Waals surface area contributed by atoms with Crippen molar-refractivity contribution in [2.24, 2.45) is 5.73 Å². The van der Waals surface area contributed by atoms with Crippen LogP contribution in [-0.2, 0) is 9.84 Å². The third-order valence-electron chi connectivity index (χ3n) is 2.96. The van der Waals surface area contributed by atoms with Gasteiger partial charge in [-0.15, -0.1) is 0 Å². The van der Waals surface area contributed by atoms with Gasteiger partial charge in [0.1, 0.15) is 0 Å². The first-order chi connectivity index (χ1) is 8.49. The average Bonchev–Trinajstić information content (AvgIpc) is 2.39. The molecule has 18 heavy (non-hydrogen) atoms. The van der Waals surface area contributed by atoms with Gasteiger partial charge in [0.25, 0.3) is 0 Å². The normalized spacial score (nSPS) is 13.3. The number of sulfone groups is 1. The zero-order chi connectivity index (χ0) is 13.6. The van der Waals surface area contributed by atoms with Gasteiger partial charge in [-0.3, -0.25) is 0 Å². The Kier molecular flexibility index (Phi) is 5.62. The summed E-state index contributed by atoms with van der Waals surface area (Å²) in [5.41, 5.74) is 6.74. The van der Waals surface area contributed by atoms with Crippen LogP contribution in [0.3, 0.4) is 0 Å². The van der Waals surface area contributed by atoms with Crippen LogP contribution in [0.25, 0.3) is 0 Å². The lowest BCUT2D eigenvalue weighted by atomic mass is 10.2. The molecule has 0 saturated carbocycles. The summed E-state index contributed by atoms with van der Waals surface area (Å²) in [5, 5.41) is 3.23. The highest BCUT2D eigenvalue weighted by atomic mass is 32.2. The highest BCUT2D eigenvalue weighted by Crippen LogP contribution is 2.15. The molecule has 0 bridgehead atoms. The van der Waals surface area contributed by atoms with Gasteiger partial charge in [-0.05, 0) is 37.1 Å². The summed E-state index contributed by atoms with van der Waals surface area (Å²) < 4.78 is 23.2. The van der Waals surface area contributed by atoms with Crippen molar-refractivity contribution in [1.82, 2.24) is 0 Å². The largest absolute Gasteiger partial charge is 0.385 e. The van der Waals surface area contributed by atoms with Gasteiger partial charge in [0.2, 0.25) is 0 Å². The van der Waals surface area contributed by atoms with Crippen molar-refractivity contribution in [1.29, 1.82) is 0 Å². The Hall–Kier alpha value is -1.07. The van der Waals surface area contributed by atoms with Gasteiger partial charge in [0.05, 0.1) is 10.6 Å². The Labute approximate surface area is 110 Å². The van der Waals surface area contributed by atoms with E-state index in [0.717, 1.165) is 25.1 Å². The van der Waals surface area contributed by atoms with Crippen LogP contribution in [0.5, 0.6) is 0 Å². The SMILES string of the molecule is CCC(N)CCNc1ccc(S(=O)(=O)CC)cc1. The van der Waals surface area contributed by atoms with Gasteiger partial charge < -0.3 is 11.1 Å². The zero-order valence-corrected chi connectivity index (χ0v) is 11.8. The number of benzene rings is 1. The standard InChI is InChI=1S/C13H22N2O2S/c1-3-11(14)9-10-15-12-5-7-13(8-6-12)18(16,17)4-2/h5-8,11,15H,3-4,9-10,14H2,1-2H3. The second kappa shape index (κ2) is 6.75. The van der Waals surface area contributed by atoms with Crippen molar-refractivity contribution in [3.63, 3.8) is 0 Å². The molecule has 0 aliphatic heterocycles. The molecule has 0 amide bonds. The van der Waals surface area contributed by atoms with Gasteiger partial charge in [-0.1, -0.05) is 13.8 Å².